The fourth-order valence-corrected chi connectivity index (χ4v) is 2.17. The van der Waals surface area contributed by atoms with E-state index in [9.17, 15) is 4.79 Å². The second-order valence-electron chi connectivity index (χ2n) is 5.03. The Labute approximate surface area is 128 Å². The van der Waals surface area contributed by atoms with Crippen molar-refractivity contribution in [3.63, 3.8) is 0 Å². The first-order valence-electron chi connectivity index (χ1n) is 6.58. The van der Waals surface area contributed by atoms with Crippen molar-refractivity contribution in [3.05, 3.63) is 40.3 Å². The van der Waals surface area contributed by atoms with Crippen molar-refractivity contribution in [3.8, 4) is 0 Å². The number of nitrogens with two attached hydrogens (primary N) is 1. The van der Waals surface area contributed by atoms with Crippen molar-refractivity contribution in [2.75, 3.05) is 12.8 Å². The van der Waals surface area contributed by atoms with Crippen LogP contribution < -0.4 is 5.73 Å². The van der Waals surface area contributed by atoms with Gasteiger partial charge in [0.1, 0.15) is 10.7 Å². The predicted molar refractivity (Wildman–Crippen MR) is 82.2 cm³/mol. The molecule has 1 unspecified atom stereocenters. The van der Waals surface area contributed by atoms with Gasteiger partial charge in [-0.25, -0.2) is 0 Å². The molecular formula is C14H18ClN5O. The van der Waals surface area contributed by atoms with E-state index in [1.807, 2.05) is 26.0 Å². The molecule has 3 N–H and O–H groups in total. The Morgan fingerprint density at radius 3 is 2.86 bits per heavy atom. The standard InChI is InChI=1S/C14H18ClN5O/c1-8-5-4-6-17-10(8)7-9(2)20(3)14(21)12-11(15)13(16)19-18-12/h4-6,9H,7H2,1-3H3,(H3,16,18,19). The van der Waals surface area contributed by atoms with Gasteiger partial charge in [-0.05, 0) is 25.5 Å². The summed E-state index contributed by atoms with van der Waals surface area (Å²) in [5.41, 5.74) is 7.83. The van der Waals surface area contributed by atoms with Gasteiger partial charge in [-0.3, -0.25) is 14.9 Å². The highest BCUT2D eigenvalue weighted by molar-refractivity contribution is 6.35. The van der Waals surface area contributed by atoms with Gasteiger partial charge in [0, 0.05) is 31.4 Å². The van der Waals surface area contributed by atoms with E-state index in [0.717, 1.165) is 11.3 Å². The number of halogens is 1. The number of rotatable bonds is 4. The van der Waals surface area contributed by atoms with E-state index in [1.54, 1.807) is 18.1 Å². The summed E-state index contributed by atoms with van der Waals surface area (Å²) in [5, 5.41) is 6.47. The van der Waals surface area contributed by atoms with Crippen LogP contribution in [0.25, 0.3) is 0 Å². The number of pyridine rings is 1. The van der Waals surface area contributed by atoms with Gasteiger partial charge < -0.3 is 10.6 Å². The van der Waals surface area contributed by atoms with Crippen LogP contribution in [0.5, 0.6) is 0 Å². The fourth-order valence-electron chi connectivity index (χ4n) is 2.01. The molecule has 0 aliphatic carbocycles. The monoisotopic (exact) mass is 307 g/mol. The van der Waals surface area contributed by atoms with E-state index in [1.165, 1.54) is 0 Å². The Morgan fingerprint density at radius 2 is 2.29 bits per heavy atom. The number of hydrogen-bond donors (Lipinski definition) is 2. The predicted octanol–water partition coefficient (Wildman–Crippen LogP) is 2.05. The topological polar surface area (TPSA) is 87.9 Å². The summed E-state index contributed by atoms with van der Waals surface area (Å²) in [6.07, 6.45) is 2.42. The summed E-state index contributed by atoms with van der Waals surface area (Å²) in [5.74, 6) is -0.119. The van der Waals surface area contributed by atoms with Gasteiger partial charge in [-0.2, -0.15) is 5.10 Å². The maximum atomic E-state index is 12.4. The molecule has 2 aromatic rings. The molecule has 21 heavy (non-hydrogen) atoms. The highest BCUT2D eigenvalue weighted by Crippen LogP contribution is 2.22. The van der Waals surface area contributed by atoms with Crippen molar-refractivity contribution >= 4 is 23.3 Å². The zero-order chi connectivity index (χ0) is 15.6. The lowest BCUT2D eigenvalue weighted by atomic mass is 10.1. The minimum atomic E-state index is -0.245. The number of carbonyl (C=O) groups is 1. The van der Waals surface area contributed by atoms with Crippen LogP contribution in [0, 0.1) is 6.92 Å². The lowest BCUT2D eigenvalue weighted by Crippen LogP contribution is -2.37. The van der Waals surface area contributed by atoms with E-state index >= 15 is 0 Å². The molecule has 2 rings (SSSR count). The average molecular weight is 308 g/mol. The normalized spacial score (nSPS) is 12.2. The molecular weight excluding hydrogens is 290 g/mol. The van der Waals surface area contributed by atoms with Gasteiger partial charge in [-0.1, -0.05) is 17.7 Å². The van der Waals surface area contributed by atoms with Crippen LogP contribution in [0.2, 0.25) is 5.02 Å². The summed E-state index contributed by atoms with van der Waals surface area (Å²) in [4.78, 5) is 18.3. The molecule has 112 valence electrons. The molecule has 2 heterocycles. The van der Waals surface area contributed by atoms with E-state index in [-0.39, 0.29) is 28.5 Å². The van der Waals surface area contributed by atoms with E-state index < -0.39 is 0 Å². The number of nitrogens with one attached hydrogen (secondary N) is 1. The summed E-state index contributed by atoms with van der Waals surface area (Å²) < 4.78 is 0. The van der Waals surface area contributed by atoms with Crippen molar-refractivity contribution in [2.45, 2.75) is 26.3 Å². The van der Waals surface area contributed by atoms with Gasteiger partial charge in [-0.15, -0.1) is 0 Å². The first kappa shape index (κ1) is 15.3. The molecule has 0 spiro atoms. The number of anilines is 1. The van der Waals surface area contributed by atoms with Gasteiger partial charge in [0.25, 0.3) is 5.91 Å². The highest BCUT2D eigenvalue weighted by Gasteiger charge is 2.23. The third-order valence-electron chi connectivity index (χ3n) is 3.53. The quantitative estimate of drug-likeness (QED) is 0.905. The second-order valence-corrected chi connectivity index (χ2v) is 5.41. The van der Waals surface area contributed by atoms with Crippen molar-refractivity contribution < 1.29 is 4.79 Å². The maximum absolute atomic E-state index is 12.4. The molecule has 7 heteroatoms. The molecule has 0 fully saturated rings. The molecule has 1 atom stereocenters. The Bertz CT molecular complexity index is 655. The summed E-state index contributed by atoms with van der Waals surface area (Å²) in [6.45, 7) is 3.96. The number of likely N-dealkylation sites (N-methyl/N-ethyl adjacent to an activating group) is 1. The smallest absolute Gasteiger partial charge is 0.273 e. The second kappa shape index (κ2) is 6.13. The molecule has 1 amide bonds. The number of amides is 1. The van der Waals surface area contributed by atoms with Crippen LogP contribution in [0.3, 0.4) is 0 Å². The minimum Gasteiger partial charge on any atom is -0.381 e. The van der Waals surface area contributed by atoms with Crippen molar-refractivity contribution in [1.82, 2.24) is 20.1 Å². The number of nitrogens with zero attached hydrogens (tertiary/aromatic N) is 3. The van der Waals surface area contributed by atoms with E-state index in [0.29, 0.717) is 6.42 Å². The molecule has 0 saturated carbocycles. The van der Waals surface area contributed by atoms with E-state index in [4.69, 9.17) is 17.3 Å². The van der Waals surface area contributed by atoms with Crippen LogP contribution in [-0.2, 0) is 6.42 Å². The number of aryl methyl sites for hydroxylation is 1. The lowest BCUT2D eigenvalue weighted by Gasteiger charge is -2.24. The van der Waals surface area contributed by atoms with Crippen molar-refractivity contribution in [1.29, 1.82) is 0 Å². The van der Waals surface area contributed by atoms with Crippen LogP contribution in [-0.4, -0.2) is 39.1 Å². The Hall–Kier alpha value is -2.08. The van der Waals surface area contributed by atoms with Crippen molar-refractivity contribution in [2.24, 2.45) is 0 Å². The lowest BCUT2D eigenvalue weighted by molar-refractivity contribution is 0.0737. The molecule has 0 saturated heterocycles. The third kappa shape index (κ3) is 3.16. The first-order chi connectivity index (χ1) is 9.91. The van der Waals surface area contributed by atoms with Crippen LogP contribution >= 0.6 is 11.6 Å². The van der Waals surface area contributed by atoms with E-state index in [2.05, 4.69) is 15.2 Å². The maximum Gasteiger partial charge on any atom is 0.273 e. The van der Waals surface area contributed by atoms with Crippen LogP contribution in [0.15, 0.2) is 18.3 Å². The number of aromatic nitrogens is 3. The molecule has 0 aromatic carbocycles. The SMILES string of the molecule is Cc1cccnc1CC(C)N(C)C(=O)c1[nH]nc(N)c1Cl. The molecule has 0 bridgehead atoms. The van der Waals surface area contributed by atoms with Crippen LogP contribution in [0.1, 0.15) is 28.7 Å². The molecule has 2 aromatic heterocycles. The molecule has 0 aliphatic heterocycles. The summed E-state index contributed by atoms with van der Waals surface area (Å²) in [6, 6.07) is 3.86. The fraction of sp³-hybridized carbons (Fsp3) is 0.357. The molecule has 6 nitrogen and oxygen atoms in total. The average Bonchev–Trinajstić information content (AvgIpc) is 2.80. The third-order valence-corrected chi connectivity index (χ3v) is 3.92. The van der Waals surface area contributed by atoms with Gasteiger partial charge in [0.15, 0.2) is 5.82 Å². The number of hydrogen-bond acceptors (Lipinski definition) is 4. The van der Waals surface area contributed by atoms with Gasteiger partial charge >= 0.3 is 0 Å². The Morgan fingerprint density at radius 1 is 1.57 bits per heavy atom. The Kier molecular flexibility index (Phi) is 4.47. The zero-order valence-corrected chi connectivity index (χ0v) is 13.0. The van der Waals surface area contributed by atoms with Crippen LogP contribution in [0.4, 0.5) is 5.82 Å². The highest BCUT2D eigenvalue weighted by atomic mass is 35.5. The summed E-state index contributed by atoms with van der Waals surface area (Å²) in [7, 11) is 1.72. The Balaban J connectivity index is 2.12. The first-order valence-corrected chi connectivity index (χ1v) is 6.96. The summed E-state index contributed by atoms with van der Waals surface area (Å²) >= 11 is 5.96. The van der Waals surface area contributed by atoms with Gasteiger partial charge in [0.05, 0.1) is 0 Å². The minimum absolute atomic E-state index is 0.0355. The largest absolute Gasteiger partial charge is 0.381 e. The number of aromatic amines is 1. The zero-order valence-electron chi connectivity index (χ0n) is 12.2. The molecule has 0 aliphatic rings. The number of H-pyrrole nitrogens is 1. The molecule has 0 radical (unpaired) electrons. The number of nitrogen functional groups attached to an aromatic ring is 1. The van der Waals surface area contributed by atoms with Gasteiger partial charge in [0.2, 0.25) is 0 Å². The number of carbonyl (C=O) groups excluding carboxylic acids is 1.